The van der Waals surface area contributed by atoms with E-state index in [9.17, 15) is 13.2 Å². The minimum atomic E-state index is -3.63. The molecule has 0 N–H and O–H groups in total. The third-order valence-corrected chi connectivity index (χ3v) is 9.76. The Morgan fingerprint density at radius 3 is 2.71 bits per heavy atom. The zero-order chi connectivity index (χ0) is 26.7. The van der Waals surface area contributed by atoms with Gasteiger partial charge >= 0.3 is 0 Å². The minimum Gasteiger partial charge on any atom is -0.467 e. The summed E-state index contributed by atoms with van der Waals surface area (Å²) >= 11 is 2.67. The van der Waals surface area contributed by atoms with Crippen LogP contribution in [-0.2, 0) is 14.8 Å². The van der Waals surface area contributed by atoms with E-state index >= 15 is 0 Å². The standard InChI is InChI=1S/C25H25N5O5S3/c1-3-29(4-2)38(32,33)18-9-5-8-17(14-18)24-26-27-25(35-24)37-16-23(31)30-20(21-10-6-12-34-21)15-19(28-30)22-11-7-13-36-22/h5-14,20H,3-4,15-16H2,1-2H3/t20-/m1/s1. The summed E-state index contributed by atoms with van der Waals surface area (Å²) < 4.78 is 38.5. The fraction of sp³-hybridized carbons (Fsp3) is 0.280. The number of furan rings is 1. The van der Waals surface area contributed by atoms with Crippen LogP contribution in [0.15, 0.2) is 84.2 Å². The van der Waals surface area contributed by atoms with Gasteiger partial charge in [0, 0.05) is 25.1 Å². The molecule has 0 fully saturated rings. The maximum atomic E-state index is 13.2. The Labute approximate surface area is 228 Å². The molecule has 3 aromatic heterocycles. The minimum absolute atomic E-state index is 0.0242. The zero-order valence-electron chi connectivity index (χ0n) is 20.7. The van der Waals surface area contributed by atoms with Gasteiger partial charge in [0.05, 0.1) is 27.5 Å². The molecule has 38 heavy (non-hydrogen) atoms. The van der Waals surface area contributed by atoms with Crippen LogP contribution >= 0.6 is 23.1 Å². The van der Waals surface area contributed by atoms with Gasteiger partial charge in [0.25, 0.3) is 11.1 Å². The molecule has 0 unspecified atom stereocenters. The molecule has 4 aromatic rings. The molecule has 10 nitrogen and oxygen atoms in total. The quantitative estimate of drug-likeness (QED) is 0.247. The zero-order valence-corrected chi connectivity index (χ0v) is 23.1. The first-order valence-electron chi connectivity index (χ1n) is 11.9. The maximum Gasteiger partial charge on any atom is 0.277 e. The molecule has 0 spiro atoms. The topological polar surface area (TPSA) is 122 Å². The van der Waals surface area contributed by atoms with Crippen molar-refractivity contribution in [1.82, 2.24) is 19.5 Å². The van der Waals surface area contributed by atoms with Crippen molar-refractivity contribution in [3.05, 3.63) is 70.8 Å². The molecule has 0 saturated carbocycles. The summed E-state index contributed by atoms with van der Waals surface area (Å²) in [6, 6.07) is 13.6. The van der Waals surface area contributed by atoms with Crippen LogP contribution in [0.4, 0.5) is 0 Å². The Kier molecular flexibility index (Phi) is 7.79. The number of thioether (sulfide) groups is 1. The average molecular weight is 572 g/mol. The lowest BCUT2D eigenvalue weighted by Crippen LogP contribution is -2.30. The van der Waals surface area contributed by atoms with Crippen LogP contribution in [-0.4, -0.2) is 58.4 Å². The van der Waals surface area contributed by atoms with Crippen molar-refractivity contribution in [2.45, 2.75) is 36.4 Å². The van der Waals surface area contributed by atoms with E-state index < -0.39 is 10.0 Å². The van der Waals surface area contributed by atoms with E-state index in [0.717, 1.165) is 22.4 Å². The highest BCUT2D eigenvalue weighted by molar-refractivity contribution is 7.99. The van der Waals surface area contributed by atoms with Crippen LogP contribution in [0.25, 0.3) is 11.5 Å². The molecule has 1 aromatic carbocycles. The van der Waals surface area contributed by atoms with Gasteiger partial charge in [-0.15, -0.1) is 21.5 Å². The first kappa shape index (κ1) is 26.4. The van der Waals surface area contributed by atoms with Crippen molar-refractivity contribution in [2.75, 3.05) is 18.8 Å². The van der Waals surface area contributed by atoms with Gasteiger partial charge in [-0.05, 0) is 41.8 Å². The highest BCUT2D eigenvalue weighted by atomic mass is 32.2. The van der Waals surface area contributed by atoms with Crippen molar-refractivity contribution in [1.29, 1.82) is 0 Å². The van der Waals surface area contributed by atoms with E-state index in [1.165, 1.54) is 21.4 Å². The predicted molar refractivity (Wildman–Crippen MR) is 144 cm³/mol. The van der Waals surface area contributed by atoms with Crippen molar-refractivity contribution < 1.29 is 22.0 Å². The lowest BCUT2D eigenvalue weighted by molar-refractivity contribution is -0.130. The highest BCUT2D eigenvalue weighted by Gasteiger charge is 2.35. The number of rotatable bonds is 10. The molecule has 0 aliphatic carbocycles. The van der Waals surface area contributed by atoms with E-state index in [1.54, 1.807) is 49.6 Å². The number of thiophene rings is 1. The molecule has 198 valence electrons. The first-order valence-corrected chi connectivity index (χ1v) is 15.2. The molecule has 0 bridgehead atoms. The largest absolute Gasteiger partial charge is 0.467 e. The Bertz CT molecular complexity index is 1530. The number of hydrogen-bond donors (Lipinski definition) is 0. The van der Waals surface area contributed by atoms with Crippen LogP contribution in [0.3, 0.4) is 0 Å². The maximum absolute atomic E-state index is 13.2. The summed E-state index contributed by atoms with van der Waals surface area (Å²) in [6.45, 7) is 4.33. The Morgan fingerprint density at radius 1 is 1.16 bits per heavy atom. The molecule has 0 radical (unpaired) electrons. The number of nitrogens with zero attached hydrogens (tertiary/aromatic N) is 5. The van der Waals surface area contributed by atoms with Gasteiger partial charge in [-0.3, -0.25) is 4.79 Å². The van der Waals surface area contributed by atoms with E-state index in [4.69, 9.17) is 8.83 Å². The molecule has 0 saturated heterocycles. The van der Waals surface area contributed by atoms with E-state index in [2.05, 4.69) is 15.3 Å². The van der Waals surface area contributed by atoms with Gasteiger partial charge in [0.1, 0.15) is 11.8 Å². The van der Waals surface area contributed by atoms with Gasteiger partial charge in [-0.2, -0.15) is 9.41 Å². The van der Waals surface area contributed by atoms with Gasteiger partial charge in [0.15, 0.2) is 0 Å². The SMILES string of the molecule is CCN(CC)S(=O)(=O)c1cccc(-c2nnc(SCC(=O)N3N=C(c4cccs4)C[C@@H]3c3ccco3)o2)c1. The predicted octanol–water partition coefficient (Wildman–Crippen LogP) is 4.89. The van der Waals surface area contributed by atoms with Crippen LogP contribution in [0.5, 0.6) is 0 Å². The average Bonchev–Trinajstić information content (AvgIpc) is 3.74. The van der Waals surface area contributed by atoms with E-state index in [-0.39, 0.29) is 33.7 Å². The molecule has 5 rings (SSSR count). The lowest BCUT2D eigenvalue weighted by atomic mass is 10.1. The number of hydrazone groups is 1. The molecule has 1 aliphatic rings. The van der Waals surface area contributed by atoms with Crippen molar-refractivity contribution in [3.8, 4) is 11.5 Å². The van der Waals surface area contributed by atoms with Crippen molar-refractivity contribution >= 4 is 44.7 Å². The van der Waals surface area contributed by atoms with Gasteiger partial charge in [-0.1, -0.05) is 37.7 Å². The van der Waals surface area contributed by atoms with Gasteiger partial charge in [0.2, 0.25) is 15.9 Å². The Morgan fingerprint density at radius 2 is 2.00 bits per heavy atom. The van der Waals surface area contributed by atoms with Gasteiger partial charge < -0.3 is 8.83 Å². The van der Waals surface area contributed by atoms with Gasteiger partial charge in [-0.25, -0.2) is 13.4 Å². The van der Waals surface area contributed by atoms with Crippen LogP contribution in [0, 0.1) is 0 Å². The fourth-order valence-electron chi connectivity index (χ4n) is 4.11. The van der Waals surface area contributed by atoms with E-state index in [1.807, 2.05) is 23.6 Å². The Balaban J connectivity index is 1.30. The van der Waals surface area contributed by atoms with Crippen LogP contribution in [0.1, 0.15) is 36.9 Å². The van der Waals surface area contributed by atoms with Crippen LogP contribution < -0.4 is 0 Å². The third-order valence-electron chi connectivity index (χ3n) is 5.99. The summed E-state index contributed by atoms with van der Waals surface area (Å²) in [6.07, 6.45) is 2.14. The molecular formula is C25H25N5O5S3. The van der Waals surface area contributed by atoms with Crippen LogP contribution in [0.2, 0.25) is 0 Å². The lowest BCUT2D eigenvalue weighted by Gasteiger charge is -2.19. The number of aromatic nitrogens is 2. The number of benzene rings is 1. The third kappa shape index (κ3) is 5.32. The first-order chi connectivity index (χ1) is 18.4. The number of sulfonamides is 1. The second kappa shape index (κ2) is 11.2. The summed E-state index contributed by atoms with van der Waals surface area (Å²) in [5, 5.41) is 16.3. The monoisotopic (exact) mass is 571 g/mol. The molecule has 1 amide bonds. The summed E-state index contributed by atoms with van der Waals surface area (Å²) in [5.74, 6) is 0.633. The summed E-state index contributed by atoms with van der Waals surface area (Å²) in [5.41, 5.74) is 1.31. The smallest absolute Gasteiger partial charge is 0.277 e. The summed E-state index contributed by atoms with van der Waals surface area (Å²) in [4.78, 5) is 14.4. The second-order valence-corrected chi connectivity index (χ2v) is 12.1. The normalized spacial score (nSPS) is 15.8. The molecule has 4 heterocycles. The molecule has 13 heteroatoms. The number of carbonyl (C=O) groups excluding carboxylic acids is 1. The van der Waals surface area contributed by atoms with Crippen molar-refractivity contribution in [3.63, 3.8) is 0 Å². The summed E-state index contributed by atoms with van der Waals surface area (Å²) in [7, 11) is -3.63. The number of hydrogen-bond acceptors (Lipinski definition) is 10. The number of carbonyl (C=O) groups is 1. The fourth-order valence-corrected chi connectivity index (χ4v) is 6.95. The molecule has 1 aliphatic heterocycles. The Hall–Kier alpha value is -3.26. The second-order valence-electron chi connectivity index (χ2n) is 8.28. The molecule has 1 atom stereocenters. The molecular weight excluding hydrogens is 547 g/mol. The number of amides is 1. The van der Waals surface area contributed by atoms with Crippen molar-refractivity contribution in [2.24, 2.45) is 5.10 Å². The highest BCUT2D eigenvalue weighted by Crippen LogP contribution is 2.35. The van der Waals surface area contributed by atoms with E-state index in [0.29, 0.717) is 30.8 Å².